The molecular weight excluding hydrogens is 1820 g/mol. The van der Waals surface area contributed by atoms with Crippen LogP contribution in [0.15, 0.2) is 169 Å². The maximum atomic E-state index is 14.1. The van der Waals surface area contributed by atoms with E-state index in [-0.39, 0.29) is 72.7 Å². The molecule has 4 saturated heterocycles. The fourth-order valence-electron chi connectivity index (χ4n) is 17.0. The zero-order valence-electron chi connectivity index (χ0n) is 80.2. The minimum atomic E-state index is -4.87. The van der Waals surface area contributed by atoms with Crippen LogP contribution in [0.5, 0.6) is 11.5 Å². The molecule has 2 aromatic heterocycles. The van der Waals surface area contributed by atoms with Crippen LogP contribution < -0.4 is 50.3 Å². The number of urea groups is 1. The minimum Gasteiger partial charge on any atom is -0.494 e. The molecule has 4 fully saturated rings. The fourth-order valence-corrected chi connectivity index (χ4v) is 19.1. The van der Waals surface area contributed by atoms with Crippen molar-refractivity contribution in [2.45, 2.75) is 190 Å². The number of thiocarbonyl (C=S) groups is 1. The molecule has 6 heterocycles. The molecule has 0 unspecified atom stereocenters. The predicted octanol–water partition coefficient (Wildman–Crippen LogP) is 17.9. The van der Waals surface area contributed by atoms with Crippen molar-refractivity contribution < 1.29 is 80.0 Å². The highest BCUT2D eigenvalue weighted by atomic mass is 32.1. The molecule has 0 radical (unpaired) electrons. The first-order valence-electron chi connectivity index (χ1n) is 46.1. The van der Waals surface area contributed by atoms with E-state index < -0.39 is 75.2 Å². The molecule has 0 aliphatic carbocycles. The molecule has 0 saturated carbocycles. The number of nitrogens with zero attached hydrogens (tertiary/aromatic N) is 10. The number of hydrogen-bond donors (Lipinski definition) is 4. The number of unbranched alkanes of at least 4 members (excludes halogenated alkanes) is 2. The average Bonchev–Trinajstić information content (AvgIpc) is 1.58. The summed E-state index contributed by atoms with van der Waals surface area (Å²) in [6, 6.07) is 44.4. The number of nitriles is 1. The molecule has 34 heteroatoms. The van der Waals surface area contributed by atoms with Gasteiger partial charge in [-0.25, -0.2) is 24.5 Å². The number of thiazole rings is 2. The van der Waals surface area contributed by atoms with Gasteiger partial charge in [0.1, 0.15) is 53.9 Å². The minimum absolute atomic E-state index is 0.102. The van der Waals surface area contributed by atoms with Gasteiger partial charge in [0.15, 0.2) is 10.8 Å². The van der Waals surface area contributed by atoms with Gasteiger partial charge in [0.25, 0.3) is 11.8 Å². The Kier molecular flexibility index (Phi) is 34.4. The number of carbonyl (C=O) groups excluding carboxylic acids is 9. The van der Waals surface area contributed by atoms with E-state index in [0.29, 0.717) is 143 Å². The zero-order valence-corrected chi connectivity index (χ0v) is 82.7. The molecule has 4 N–H and O–H groups in total. The van der Waals surface area contributed by atoms with Crippen LogP contribution in [0.2, 0.25) is 0 Å². The van der Waals surface area contributed by atoms with Crippen molar-refractivity contribution in [1.82, 2.24) is 41.0 Å². The number of alkyl halides is 3. The largest absolute Gasteiger partial charge is 0.494 e. The first-order valence-corrected chi connectivity index (χ1v) is 48.2. The third-order valence-corrected chi connectivity index (χ3v) is 27.0. The Morgan fingerprint density at radius 2 is 1.00 bits per heavy atom. The number of amides is 10. The summed E-state index contributed by atoms with van der Waals surface area (Å²) >= 11 is 8.99. The van der Waals surface area contributed by atoms with Gasteiger partial charge >= 0.3 is 12.2 Å². The Morgan fingerprint density at radius 1 is 0.558 bits per heavy atom. The summed E-state index contributed by atoms with van der Waals surface area (Å²) in [4.78, 5) is 144. The summed E-state index contributed by atoms with van der Waals surface area (Å²) < 4.78 is 70.1. The molecule has 0 bridgehead atoms. The van der Waals surface area contributed by atoms with E-state index in [2.05, 4.69) is 36.1 Å². The van der Waals surface area contributed by atoms with Gasteiger partial charge in [-0.05, 0) is 255 Å². The molecule has 9 aromatic rings. The molecule has 7 aromatic carbocycles. The van der Waals surface area contributed by atoms with E-state index >= 15 is 0 Å². The van der Waals surface area contributed by atoms with Crippen LogP contribution in [0.3, 0.4) is 0 Å². The van der Waals surface area contributed by atoms with Gasteiger partial charge in [-0.1, -0.05) is 113 Å². The zero-order chi connectivity index (χ0) is 99.7. The van der Waals surface area contributed by atoms with Gasteiger partial charge in [-0.15, -0.1) is 22.7 Å². The molecular formula is C104H119F3N14O14S3. The lowest BCUT2D eigenvalue weighted by molar-refractivity contribution is -0.145. The topological polar surface area (TPSA) is 321 Å². The lowest BCUT2D eigenvalue weighted by Crippen LogP contribution is -2.58. The van der Waals surface area contributed by atoms with Crippen LogP contribution in [0.25, 0.3) is 36.9 Å². The first kappa shape index (κ1) is 104. The van der Waals surface area contributed by atoms with Crippen LogP contribution in [0.4, 0.5) is 46.4 Å². The molecule has 4 aliphatic rings. The Balaban J connectivity index is 0.000000248. The van der Waals surface area contributed by atoms with Crippen molar-refractivity contribution in [1.29, 1.82) is 5.26 Å². The number of carbonyl (C=O) groups is 9. The highest BCUT2D eigenvalue weighted by molar-refractivity contribution is 7.81. The molecule has 728 valence electrons. The molecule has 5 atom stereocenters. The molecule has 4 aliphatic heterocycles. The maximum Gasteiger partial charge on any atom is 0.417 e. The number of benzene rings is 7. The van der Waals surface area contributed by atoms with Gasteiger partial charge in [0.2, 0.25) is 35.4 Å². The highest BCUT2D eigenvalue weighted by Gasteiger charge is 2.54. The quantitative estimate of drug-likeness (QED) is 0.0121. The van der Waals surface area contributed by atoms with Crippen molar-refractivity contribution in [2.75, 3.05) is 92.1 Å². The van der Waals surface area contributed by atoms with E-state index in [1.54, 1.807) is 82.7 Å². The van der Waals surface area contributed by atoms with E-state index in [1.165, 1.54) is 29.7 Å². The summed E-state index contributed by atoms with van der Waals surface area (Å²) in [6.07, 6.45) is -0.284. The van der Waals surface area contributed by atoms with Gasteiger partial charge in [0, 0.05) is 76.2 Å². The molecule has 13 rings (SSSR count). The highest BCUT2D eigenvalue weighted by Crippen LogP contribution is 2.43. The normalized spacial score (nSPS) is 17.1. The summed E-state index contributed by atoms with van der Waals surface area (Å²) in [5.74, 6) is -0.885. The van der Waals surface area contributed by atoms with E-state index in [9.17, 15) is 61.6 Å². The van der Waals surface area contributed by atoms with E-state index in [0.717, 1.165) is 90.7 Å². The third kappa shape index (κ3) is 25.4. The summed E-state index contributed by atoms with van der Waals surface area (Å²) in [7, 11) is 0. The van der Waals surface area contributed by atoms with E-state index in [4.69, 9.17) is 42.5 Å². The second kappa shape index (κ2) is 45.6. The Bertz CT molecular complexity index is 5970. The number of halogens is 3. The number of likely N-dealkylation sites (tertiary alicyclic amines) is 2. The summed E-state index contributed by atoms with van der Waals surface area (Å²) in [6.45, 7) is 37.0. The number of hydrogen-bond acceptors (Lipinski definition) is 20. The second-order valence-corrected chi connectivity index (χ2v) is 39.9. The smallest absolute Gasteiger partial charge is 0.417 e. The Hall–Kier alpha value is -12.8. The lowest BCUT2D eigenvalue weighted by Gasteiger charge is -2.35. The molecule has 138 heavy (non-hydrogen) atoms. The standard InChI is InChI=1S/C54H58F3N7O7S.C50H61N7O7S2/c1-33-26-44(48(66)59-29-35-10-12-38(13-11-35)46-34(2)60-32-72-46)62(30-33)49(67)47(52(3,4)5)61-45(65)31-70-24-8-9-25-71-42-22-17-37(18-23-42)36-14-19-40(20-15-36)64-51(69)63(50(68)53(64,6)7)41-21-16-39(28-58)43(27-41)54(55,56)57;1-33-26-42(45(59)52-28-36-12-14-37(15-13-36)44-35(3)54-32-66-44)55(29-33)46(60)49(4,5)31-53-43(58)30-63-24-11-23-62-22-9-10-25-64-40-19-16-38(17-20-40)57-48(65)56(47(61)50(57,6)7)39-18-21-41(51-8)34(2)27-39/h10-23,27,32-33,44,47H,8-9,24-26,29-31H2,1-7H3,(H,59,66)(H,61,65);12-21,27,32-33,42H,9-11,22-26,28-31H2,1-7H3,(H,52,59)(H,53,58)/t33-,44+,47-;33-,42+/m11/s1. The monoisotopic (exact) mass is 1940 g/mol. The van der Waals surface area contributed by atoms with Crippen molar-refractivity contribution >= 4 is 122 Å². The Labute approximate surface area is 817 Å². The van der Waals surface area contributed by atoms with Gasteiger partial charge in [0.05, 0.1) is 80.2 Å². The van der Waals surface area contributed by atoms with Crippen molar-refractivity contribution in [3.63, 3.8) is 0 Å². The van der Waals surface area contributed by atoms with Crippen molar-refractivity contribution in [3.05, 3.63) is 219 Å². The van der Waals surface area contributed by atoms with Crippen LogP contribution in [0, 0.1) is 61.3 Å². The van der Waals surface area contributed by atoms with Gasteiger partial charge in [-0.3, -0.25) is 48.2 Å². The number of aryl methyl sites for hydroxylation is 3. The number of imide groups is 1. The van der Waals surface area contributed by atoms with Gasteiger partial charge in [-0.2, -0.15) is 18.4 Å². The summed E-state index contributed by atoms with van der Waals surface area (Å²) in [5, 5.41) is 21.3. The summed E-state index contributed by atoms with van der Waals surface area (Å²) in [5.41, 5.74) is 8.36. The fraction of sp³-hybridized carbons (Fsp3) is 0.423. The van der Waals surface area contributed by atoms with Crippen molar-refractivity contribution in [3.8, 4) is 49.6 Å². The lowest BCUT2D eigenvalue weighted by atomic mass is 9.85. The number of aromatic nitrogens is 2. The number of ether oxygens (including phenoxy) is 5. The molecule has 10 amide bonds. The maximum absolute atomic E-state index is 14.1. The van der Waals surface area contributed by atoms with Crippen LogP contribution in [-0.4, -0.2) is 180 Å². The number of rotatable bonds is 38. The second-order valence-electron chi connectivity index (χ2n) is 37.9. The first-order chi connectivity index (χ1) is 65.6. The SMILES string of the molecule is Cc1ncsc1-c1ccc(CNC(=O)[C@@H]2C[C@@H](C)CN2C(=O)[C@@H](NC(=O)COCCCCOc2ccc(-c3ccc(N4C(=O)N(c5ccc(C#N)c(C(F)(F)F)c5)C(=O)C4(C)C)cc3)cc2)C(C)(C)C)cc1.[C-]#[N+]c1ccc(N2C(=O)C(C)(C)N(c3ccc(OCCCCOCCCOCC(=O)NCC(C)(C)C(=O)N4C[C@H](C)C[C@H]4C(=O)NCc4ccc(-c5scnc5C)cc4)cc3)C2=S)cc1C. The Morgan fingerprint density at radius 3 is 1.51 bits per heavy atom. The van der Waals surface area contributed by atoms with Gasteiger partial charge < -0.3 is 59.7 Å². The van der Waals surface area contributed by atoms with Crippen LogP contribution in [0.1, 0.15) is 160 Å². The predicted molar refractivity (Wildman–Crippen MR) is 530 cm³/mol. The average molecular weight is 1940 g/mol. The van der Waals surface area contributed by atoms with E-state index in [1.807, 2.05) is 188 Å². The third-order valence-electron chi connectivity index (χ3n) is 24.7. The van der Waals surface area contributed by atoms with Crippen LogP contribution >= 0.6 is 34.9 Å². The number of nitrogens with one attached hydrogen (secondary N) is 4. The van der Waals surface area contributed by atoms with Crippen LogP contribution in [-0.2, 0) is 71.8 Å². The van der Waals surface area contributed by atoms with Crippen molar-refractivity contribution in [2.24, 2.45) is 22.7 Å². The molecule has 0 spiro atoms. The number of anilines is 4. The molecule has 28 nitrogen and oxygen atoms in total.